The van der Waals surface area contributed by atoms with E-state index in [0.29, 0.717) is 12.8 Å². The van der Waals surface area contributed by atoms with Gasteiger partial charge in [-0.05, 0) is 12.8 Å². The van der Waals surface area contributed by atoms with Crippen LogP contribution in [0.15, 0.2) is 5.16 Å². The Hall–Kier alpha value is -0.470. The Morgan fingerprint density at radius 3 is 2.42 bits per heavy atom. The molecule has 0 aromatic carbocycles. The van der Waals surface area contributed by atoms with E-state index in [4.69, 9.17) is 14.4 Å². The first-order valence-corrected chi connectivity index (χ1v) is 9.64. The third-order valence-corrected chi connectivity index (χ3v) is 4.76. The molecule has 0 spiro atoms. The summed E-state index contributed by atoms with van der Waals surface area (Å²) < 4.78 is 39.2. The van der Waals surface area contributed by atoms with Crippen LogP contribution < -0.4 is 0 Å². The van der Waals surface area contributed by atoms with E-state index in [-0.39, 0.29) is 5.04 Å². The Balaban J connectivity index is 2.82. The van der Waals surface area contributed by atoms with Crippen molar-refractivity contribution in [2.24, 2.45) is 5.16 Å². The van der Waals surface area contributed by atoms with Gasteiger partial charge < -0.3 is 25.2 Å². The Kier molecular flexibility index (Phi) is 8.87. The number of aliphatic hydroxyl groups excluding tert-OH is 4. The fourth-order valence-corrected chi connectivity index (χ4v) is 3.38. The molecule has 0 unspecified atom stereocenters. The summed E-state index contributed by atoms with van der Waals surface area (Å²) in [5.41, 5.74) is -1.11. The van der Waals surface area contributed by atoms with Crippen molar-refractivity contribution >= 4 is 27.2 Å². The van der Waals surface area contributed by atoms with E-state index in [2.05, 4.69) is 9.44 Å². The van der Waals surface area contributed by atoms with Crippen LogP contribution in [0.1, 0.15) is 32.6 Å². The van der Waals surface area contributed by atoms with Gasteiger partial charge in [-0.2, -0.15) is 8.42 Å². The van der Waals surface area contributed by atoms with Crippen LogP contribution in [0.2, 0.25) is 0 Å². The maximum atomic E-state index is 10.6. The number of rotatable bonds is 8. The third-order valence-electron chi connectivity index (χ3n) is 3.33. The van der Waals surface area contributed by atoms with E-state index >= 15 is 0 Å². The van der Waals surface area contributed by atoms with Crippen molar-refractivity contribution in [3.05, 3.63) is 0 Å². The van der Waals surface area contributed by atoms with Crippen LogP contribution in [0.5, 0.6) is 0 Å². The van der Waals surface area contributed by atoms with Gasteiger partial charge in [0.1, 0.15) is 34.9 Å². The molecule has 0 aromatic rings. The Bertz CT molecular complexity index is 511. The second kappa shape index (κ2) is 9.87. The van der Waals surface area contributed by atoms with E-state index in [1.165, 1.54) is 0 Å². The van der Waals surface area contributed by atoms with Crippen molar-refractivity contribution in [3.8, 4) is 0 Å². The lowest BCUT2D eigenvalue weighted by molar-refractivity contribution is -0.205. The maximum absolute atomic E-state index is 10.6. The minimum atomic E-state index is -4.77. The van der Waals surface area contributed by atoms with Crippen molar-refractivity contribution in [2.75, 3.05) is 6.61 Å². The third kappa shape index (κ3) is 6.80. The normalized spacial score (nSPS) is 31.9. The molecular formula is C12H23NO9S2. The molecule has 0 aromatic heterocycles. The molecule has 10 nitrogen and oxygen atoms in total. The van der Waals surface area contributed by atoms with Crippen molar-refractivity contribution < 1.29 is 42.4 Å². The largest absolute Gasteiger partial charge is 0.466 e. The Morgan fingerprint density at radius 2 is 1.88 bits per heavy atom. The summed E-state index contributed by atoms with van der Waals surface area (Å²) in [5.74, 6) is 0. The van der Waals surface area contributed by atoms with E-state index in [1.54, 1.807) is 0 Å². The predicted molar refractivity (Wildman–Crippen MR) is 85.6 cm³/mol. The Morgan fingerprint density at radius 1 is 1.21 bits per heavy atom. The van der Waals surface area contributed by atoms with Crippen molar-refractivity contribution in [2.45, 2.75) is 62.5 Å². The highest BCUT2D eigenvalue weighted by Gasteiger charge is 2.44. The summed E-state index contributed by atoms with van der Waals surface area (Å²) in [6.07, 6.45) is -2.94. The number of hydrogen-bond acceptors (Lipinski definition) is 10. The van der Waals surface area contributed by atoms with Crippen LogP contribution in [0.25, 0.3) is 0 Å². The molecule has 0 aliphatic carbocycles. The zero-order valence-electron chi connectivity index (χ0n) is 13.1. The van der Waals surface area contributed by atoms with E-state index in [1.807, 2.05) is 6.92 Å². The Labute approximate surface area is 144 Å². The molecule has 24 heavy (non-hydrogen) atoms. The maximum Gasteiger partial charge on any atom is 0.466 e. The average molecular weight is 389 g/mol. The van der Waals surface area contributed by atoms with Gasteiger partial charge in [0.2, 0.25) is 0 Å². The number of oxime groups is 1. The molecule has 0 amide bonds. The highest BCUT2D eigenvalue weighted by atomic mass is 32.3. The summed E-state index contributed by atoms with van der Waals surface area (Å²) in [6, 6.07) is 0. The highest BCUT2D eigenvalue weighted by molar-refractivity contribution is 8.14. The smallest absolute Gasteiger partial charge is 0.394 e. The van der Waals surface area contributed by atoms with Gasteiger partial charge in [-0.3, -0.25) is 4.55 Å². The lowest BCUT2D eigenvalue weighted by Gasteiger charge is -2.39. The fourth-order valence-electron chi connectivity index (χ4n) is 2.04. The second-order valence-electron chi connectivity index (χ2n) is 5.26. The minimum absolute atomic E-state index is 0.116. The zero-order chi connectivity index (χ0) is 18.3. The lowest BCUT2D eigenvalue weighted by atomic mass is 10.0. The first-order valence-electron chi connectivity index (χ1n) is 7.39. The van der Waals surface area contributed by atoms with Gasteiger partial charge in [0.15, 0.2) is 0 Å². The summed E-state index contributed by atoms with van der Waals surface area (Å²) >= 11 is 0.785. The number of unbranched alkanes of at least 4 members (excludes halogenated alkanes) is 2. The van der Waals surface area contributed by atoms with Gasteiger partial charge in [-0.15, -0.1) is 0 Å². The van der Waals surface area contributed by atoms with Gasteiger partial charge in [0.05, 0.1) is 6.61 Å². The highest BCUT2D eigenvalue weighted by Crippen LogP contribution is 2.30. The minimum Gasteiger partial charge on any atom is -0.394 e. The van der Waals surface area contributed by atoms with E-state index in [0.717, 1.165) is 24.6 Å². The number of ether oxygens (including phenoxy) is 1. The molecule has 5 atom stereocenters. The molecule has 1 aliphatic heterocycles. The summed E-state index contributed by atoms with van der Waals surface area (Å²) in [4.78, 5) is 0. The van der Waals surface area contributed by atoms with Crippen LogP contribution in [0, 0.1) is 0 Å². The molecule has 1 aliphatic rings. The molecular weight excluding hydrogens is 366 g/mol. The first-order chi connectivity index (χ1) is 11.2. The molecule has 12 heteroatoms. The summed E-state index contributed by atoms with van der Waals surface area (Å²) in [7, 11) is -4.77. The molecule has 5 N–H and O–H groups in total. The molecule has 1 heterocycles. The van der Waals surface area contributed by atoms with Crippen molar-refractivity contribution in [1.82, 2.24) is 0 Å². The van der Waals surface area contributed by atoms with Crippen LogP contribution in [-0.4, -0.2) is 74.9 Å². The molecule has 1 rings (SSSR count). The topological polar surface area (TPSA) is 166 Å². The van der Waals surface area contributed by atoms with Gasteiger partial charge in [0, 0.05) is 0 Å². The standard InChI is InChI=1S/C12H23NO9S2/c1-2-3-4-5-8(13-22-24(18,19)20)23-12-11(17)10(16)9(15)7(6-14)21-12/h7,9-12,14-17H,2-6H2,1H3,(H,18,19,20)/b13-8-/t7-,9-,10-,11+,12+/m0/s1. The monoisotopic (exact) mass is 389 g/mol. The molecule has 0 saturated carbocycles. The molecule has 1 fully saturated rings. The lowest BCUT2D eigenvalue weighted by Crippen LogP contribution is -2.57. The first kappa shape index (κ1) is 21.6. The fraction of sp³-hybridized carbons (Fsp3) is 0.917. The molecule has 0 radical (unpaired) electrons. The zero-order valence-corrected chi connectivity index (χ0v) is 14.7. The van der Waals surface area contributed by atoms with E-state index < -0.39 is 46.9 Å². The molecule has 142 valence electrons. The van der Waals surface area contributed by atoms with Crippen LogP contribution >= 0.6 is 11.8 Å². The van der Waals surface area contributed by atoms with Crippen LogP contribution in [0.3, 0.4) is 0 Å². The quantitative estimate of drug-likeness (QED) is 0.117. The number of aliphatic hydroxyl groups is 4. The molecule has 1 saturated heterocycles. The van der Waals surface area contributed by atoms with Crippen LogP contribution in [-0.2, 0) is 19.4 Å². The number of hydrogen-bond donors (Lipinski definition) is 5. The number of nitrogens with zero attached hydrogens (tertiary/aromatic N) is 1. The second-order valence-corrected chi connectivity index (χ2v) is 7.44. The van der Waals surface area contributed by atoms with Gasteiger partial charge in [0.25, 0.3) is 0 Å². The van der Waals surface area contributed by atoms with Crippen molar-refractivity contribution in [3.63, 3.8) is 0 Å². The SMILES string of the molecule is CCCCC/C(=N/OS(=O)(=O)O)S[C@H]1O[C@@H](CO)[C@H](O)[C@H](O)[C@H]1O. The van der Waals surface area contributed by atoms with Gasteiger partial charge >= 0.3 is 10.4 Å². The van der Waals surface area contributed by atoms with Crippen LogP contribution in [0.4, 0.5) is 0 Å². The molecule has 0 bridgehead atoms. The predicted octanol–water partition coefficient (Wildman–Crippen LogP) is -0.767. The number of thioether (sulfide) groups is 1. The van der Waals surface area contributed by atoms with Gasteiger partial charge in [-0.25, -0.2) is 4.28 Å². The van der Waals surface area contributed by atoms with Crippen molar-refractivity contribution in [1.29, 1.82) is 0 Å². The average Bonchev–Trinajstić information content (AvgIpc) is 2.52. The summed E-state index contributed by atoms with van der Waals surface area (Å²) in [5, 5.41) is 42.0. The summed E-state index contributed by atoms with van der Waals surface area (Å²) in [6.45, 7) is 1.39. The van der Waals surface area contributed by atoms with E-state index in [9.17, 15) is 23.7 Å². The van der Waals surface area contributed by atoms with Gasteiger partial charge in [-0.1, -0.05) is 36.7 Å².